The molecule has 0 spiro atoms. The van der Waals surface area contributed by atoms with Crippen molar-refractivity contribution >= 4 is 47.6 Å². The zero-order chi connectivity index (χ0) is 21.8. The molecule has 0 aliphatic rings. The van der Waals surface area contributed by atoms with E-state index >= 15 is 0 Å². The monoisotopic (exact) mass is 564 g/mol. The molecule has 0 atom stereocenters. The third-order valence-electron chi connectivity index (χ3n) is 3.91. The maximum absolute atomic E-state index is 12.6. The first-order valence-electron chi connectivity index (χ1n) is 9.38. The number of rotatable bonds is 10. The number of ether oxygens (including phenoxy) is 1. The summed E-state index contributed by atoms with van der Waals surface area (Å²) in [6.45, 7) is -2.10. The van der Waals surface area contributed by atoms with Gasteiger partial charge in [0, 0.05) is 36.9 Å². The van der Waals surface area contributed by atoms with Crippen LogP contribution in [-0.4, -0.2) is 56.3 Å². The summed E-state index contributed by atoms with van der Waals surface area (Å²) in [6.07, 6.45) is 0. The quantitative estimate of drug-likeness (QED) is 0.151. The summed E-state index contributed by atoms with van der Waals surface area (Å²) in [6, 6.07) is 16.5. The Kier molecular flexibility index (Phi) is 12.9. The SMILES string of the molecule is CN(C)C(=O)CNC(=NCc1ccccc1OC(F)F)NCCSc1ccccc1.I. The van der Waals surface area contributed by atoms with E-state index in [-0.39, 0.29) is 48.7 Å². The Morgan fingerprint density at radius 3 is 2.45 bits per heavy atom. The third-order valence-corrected chi connectivity index (χ3v) is 4.92. The lowest BCUT2D eigenvalue weighted by molar-refractivity contribution is -0.127. The van der Waals surface area contributed by atoms with Crippen molar-refractivity contribution in [2.24, 2.45) is 4.99 Å². The Bertz CT molecular complexity index is 826. The summed E-state index contributed by atoms with van der Waals surface area (Å²) in [4.78, 5) is 18.9. The number of nitrogens with zero attached hydrogens (tertiary/aromatic N) is 2. The first-order chi connectivity index (χ1) is 14.5. The van der Waals surface area contributed by atoms with E-state index in [0.29, 0.717) is 18.1 Å². The van der Waals surface area contributed by atoms with E-state index in [1.165, 1.54) is 11.0 Å². The van der Waals surface area contributed by atoms with Gasteiger partial charge in [0.05, 0.1) is 13.1 Å². The Hall–Kier alpha value is -2.08. The number of carbonyl (C=O) groups excluding carboxylic acids is 1. The van der Waals surface area contributed by atoms with Crippen LogP contribution in [-0.2, 0) is 11.3 Å². The highest BCUT2D eigenvalue weighted by molar-refractivity contribution is 14.0. The summed E-state index contributed by atoms with van der Waals surface area (Å²) in [5.41, 5.74) is 0.525. The number of para-hydroxylation sites is 1. The van der Waals surface area contributed by atoms with Crippen LogP contribution < -0.4 is 15.4 Å². The summed E-state index contributed by atoms with van der Waals surface area (Å²) in [7, 11) is 3.34. The van der Waals surface area contributed by atoms with Gasteiger partial charge < -0.3 is 20.3 Å². The maximum atomic E-state index is 12.6. The molecule has 0 bridgehead atoms. The van der Waals surface area contributed by atoms with Crippen LogP contribution in [0.15, 0.2) is 64.5 Å². The fourth-order valence-electron chi connectivity index (χ4n) is 2.36. The Morgan fingerprint density at radius 1 is 1.10 bits per heavy atom. The van der Waals surface area contributed by atoms with Crippen molar-refractivity contribution < 1.29 is 18.3 Å². The van der Waals surface area contributed by atoms with Gasteiger partial charge in [0.2, 0.25) is 5.91 Å². The number of hydrogen-bond donors (Lipinski definition) is 2. The number of alkyl halides is 2. The van der Waals surface area contributed by atoms with Crippen molar-refractivity contribution in [3.8, 4) is 5.75 Å². The van der Waals surface area contributed by atoms with Crippen LogP contribution in [0.5, 0.6) is 5.75 Å². The van der Waals surface area contributed by atoms with Crippen LogP contribution >= 0.6 is 35.7 Å². The minimum absolute atomic E-state index is 0. The summed E-state index contributed by atoms with van der Waals surface area (Å²) in [5, 5.41) is 6.15. The van der Waals surface area contributed by atoms with Crippen molar-refractivity contribution in [1.29, 1.82) is 0 Å². The lowest BCUT2D eigenvalue weighted by atomic mass is 10.2. The molecule has 2 rings (SSSR count). The molecular weight excluding hydrogens is 537 g/mol. The number of halogens is 3. The molecule has 0 aliphatic carbocycles. The molecule has 0 heterocycles. The van der Waals surface area contributed by atoms with E-state index in [0.717, 1.165) is 10.6 Å². The molecule has 170 valence electrons. The molecule has 0 unspecified atom stereocenters. The molecule has 0 radical (unpaired) electrons. The fourth-order valence-corrected chi connectivity index (χ4v) is 3.15. The standard InChI is InChI=1S/C21H26F2N4O2S.HI/c1-27(2)19(28)15-26-21(24-12-13-30-17-9-4-3-5-10-17)25-14-16-8-6-7-11-18(16)29-20(22)23;/h3-11,20H,12-15H2,1-2H3,(H2,24,25,26);1H. The Balaban J connectivity index is 0.00000480. The number of nitrogens with one attached hydrogen (secondary N) is 2. The second-order valence-electron chi connectivity index (χ2n) is 6.38. The second kappa shape index (κ2) is 14.8. The van der Waals surface area contributed by atoms with Crippen LogP contribution in [0.4, 0.5) is 8.78 Å². The normalized spacial score (nSPS) is 10.9. The summed E-state index contributed by atoms with van der Waals surface area (Å²) in [5.74, 6) is 1.19. The highest BCUT2D eigenvalue weighted by Gasteiger charge is 2.10. The first kappa shape index (κ1) is 27.0. The molecule has 0 saturated heterocycles. The lowest BCUT2D eigenvalue weighted by Crippen LogP contribution is -2.43. The van der Waals surface area contributed by atoms with Crippen LogP contribution in [0.25, 0.3) is 0 Å². The topological polar surface area (TPSA) is 66.0 Å². The van der Waals surface area contributed by atoms with E-state index in [9.17, 15) is 13.6 Å². The van der Waals surface area contributed by atoms with Crippen LogP contribution in [0, 0.1) is 0 Å². The summed E-state index contributed by atoms with van der Waals surface area (Å²) >= 11 is 1.69. The average Bonchev–Trinajstić information content (AvgIpc) is 2.73. The molecule has 0 aliphatic heterocycles. The number of likely N-dealkylation sites (N-methyl/N-ethyl adjacent to an activating group) is 1. The van der Waals surface area contributed by atoms with Gasteiger partial charge in [-0.3, -0.25) is 4.79 Å². The maximum Gasteiger partial charge on any atom is 0.387 e. The van der Waals surface area contributed by atoms with E-state index in [2.05, 4.69) is 20.4 Å². The molecule has 6 nitrogen and oxygen atoms in total. The molecule has 31 heavy (non-hydrogen) atoms. The van der Waals surface area contributed by atoms with E-state index in [4.69, 9.17) is 0 Å². The zero-order valence-corrected chi connectivity index (χ0v) is 20.5. The molecule has 2 aromatic carbocycles. The van der Waals surface area contributed by atoms with Gasteiger partial charge in [0.25, 0.3) is 0 Å². The average molecular weight is 564 g/mol. The van der Waals surface area contributed by atoms with Crippen molar-refractivity contribution in [3.05, 3.63) is 60.2 Å². The number of amides is 1. The number of carbonyl (C=O) groups is 1. The zero-order valence-electron chi connectivity index (χ0n) is 17.4. The molecule has 10 heteroatoms. The summed E-state index contributed by atoms with van der Waals surface area (Å²) < 4.78 is 29.8. The van der Waals surface area contributed by atoms with Crippen molar-refractivity contribution in [2.45, 2.75) is 18.1 Å². The number of thioether (sulfide) groups is 1. The molecule has 0 fully saturated rings. The van der Waals surface area contributed by atoms with Gasteiger partial charge in [-0.05, 0) is 18.2 Å². The van der Waals surface area contributed by atoms with Gasteiger partial charge in [-0.2, -0.15) is 8.78 Å². The van der Waals surface area contributed by atoms with Gasteiger partial charge in [-0.25, -0.2) is 4.99 Å². The number of hydrogen-bond acceptors (Lipinski definition) is 4. The number of guanidine groups is 1. The van der Waals surface area contributed by atoms with Crippen molar-refractivity contribution in [1.82, 2.24) is 15.5 Å². The highest BCUT2D eigenvalue weighted by Crippen LogP contribution is 2.21. The second-order valence-corrected chi connectivity index (χ2v) is 7.55. The number of benzene rings is 2. The molecule has 2 N–H and O–H groups in total. The first-order valence-corrected chi connectivity index (χ1v) is 10.4. The van der Waals surface area contributed by atoms with E-state index < -0.39 is 6.61 Å². The van der Waals surface area contributed by atoms with Gasteiger partial charge in [-0.15, -0.1) is 35.7 Å². The number of aliphatic imine (C=N–C) groups is 1. The minimum atomic E-state index is -2.90. The van der Waals surface area contributed by atoms with Gasteiger partial charge in [0.1, 0.15) is 5.75 Å². The molecule has 2 aromatic rings. The molecule has 0 aromatic heterocycles. The molecule has 0 saturated carbocycles. The van der Waals surface area contributed by atoms with E-state index in [1.807, 2.05) is 30.3 Å². The Morgan fingerprint density at radius 2 is 1.77 bits per heavy atom. The van der Waals surface area contributed by atoms with Crippen LogP contribution in [0.1, 0.15) is 5.56 Å². The van der Waals surface area contributed by atoms with Crippen LogP contribution in [0.2, 0.25) is 0 Å². The molecular formula is C21H27F2IN4O2S. The van der Waals surface area contributed by atoms with Crippen LogP contribution in [0.3, 0.4) is 0 Å². The molecule has 1 amide bonds. The minimum Gasteiger partial charge on any atom is -0.434 e. The van der Waals surface area contributed by atoms with E-state index in [1.54, 1.807) is 44.1 Å². The fraction of sp³-hybridized carbons (Fsp3) is 0.333. The predicted octanol–water partition coefficient (Wildman–Crippen LogP) is 3.82. The lowest BCUT2D eigenvalue weighted by Gasteiger charge is -2.15. The predicted molar refractivity (Wildman–Crippen MR) is 131 cm³/mol. The Labute approximate surface area is 202 Å². The van der Waals surface area contributed by atoms with Gasteiger partial charge in [-0.1, -0.05) is 36.4 Å². The van der Waals surface area contributed by atoms with Crippen molar-refractivity contribution in [3.63, 3.8) is 0 Å². The smallest absolute Gasteiger partial charge is 0.387 e. The highest BCUT2D eigenvalue weighted by atomic mass is 127. The van der Waals surface area contributed by atoms with Crippen molar-refractivity contribution in [2.75, 3.05) is 32.9 Å². The third kappa shape index (κ3) is 10.7. The van der Waals surface area contributed by atoms with Gasteiger partial charge >= 0.3 is 6.61 Å². The largest absolute Gasteiger partial charge is 0.434 e. The van der Waals surface area contributed by atoms with Gasteiger partial charge in [0.15, 0.2) is 5.96 Å².